The Hall–Kier alpha value is -2.90. The average molecular weight is 440 g/mol. The van der Waals surface area contributed by atoms with Crippen molar-refractivity contribution in [3.63, 3.8) is 0 Å². The van der Waals surface area contributed by atoms with Crippen molar-refractivity contribution in [3.8, 4) is 11.5 Å². The molecular formula is C24H33N5O3. The number of benzene rings is 1. The summed E-state index contributed by atoms with van der Waals surface area (Å²) in [5, 5.41) is 28.0. The normalized spacial score (nSPS) is 21.2. The van der Waals surface area contributed by atoms with Gasteiger partial charge in [0.2, 0.25) is 0 Å². The molecule has 3 N–H and O–H groups in total. The first-order chi connectivity index (χ1) is 15.3. The molecule has 1 amide bonds. The van der Waals surface area contributed by atoms with Crippen molar-refractivity contribution >= 4 is 5.91 Å². The molecule has 1 aliphatic heterocycles. The van der Waals surface area contributed by atoms with Gasteiger partial charge in [0, 0.05) is 17.4 Å². The van der Waals surface area contributed by atoms with E-state index in [9.17, 15) is 9.90 Å². The molecule has 2 atom stereocenters. The van der Waals surface area contributed by atoms with E-state index >= 15 is 0 Å². The van der Waals surface area contributed by atoms with E-state index in [0.717, 1.165) is 43.2 Å². The molecule has 0 bridgehead atoms. The SMILES string of the molecule is CCCCCc1cc2c(c(O)c1C(=O)NCc1nn[nH]n1)C1C=C(C)CCC1C(C)(C)O2. The molecule has 172 valence electrons. The standard InChI is InChI=1S/C24H33N5O3/c1-5-6-7-8-15-12-18-21(16-11-14(2)9-10-17(16)24(3,4)32-18)22(30)20(15)23(31)25-13-19-26-28-29-27-19/h11-12,16-17,30H,5-10,13H2,1-4H3,(H,25,31)(H,26,27,28,29). The number of carbonyl (C=O) groups is 1. The van der Waals surface area contributed by atoms with Gasteiger partial charge < -0.3 is 15.2 Å². The maximum absolute atomic E-state index is 13.2. The number of phenolic OH excluding ortho intramolecular Hbond substituents is 1. The van der Waals surface area contributed by atoms with Crippen LogP contribution in [0.1, 0.15) is 93.0 Å². The van der Waals surface area contributed by atoms with Crippen molar-refractivity contribution in [2.24, 2.45) is 5.92 Å². The molecule has 4 rings (SSSR count). The third-order valence-electron chi connectivity index (χ3n) is 6.80. The fourth-order valence-electron chi connectivity index (χ4n) is 5.13. The zero-order chi connectivity index (χ0) is 22.9. The molecule has 0 fully saturated rings. The van der Waals surface area contributed by atoms with Crippen LogP contribution < -0.4 is 10.1 Å². The van der Waals surface area contributed by atoms with Crippen LogP contribution in [0.5, 0.6) is 11.5 Å². The summed E-state index contributed by atoms with van der Waals surface area (Å²) in [6.45, 7) is 8.66. The molecule has 1 aliphatic carbocycles. The number of nitrogens with one attached hydrogen (secondary N) is 2. The smallest absolute Gasteiger partial charge is 0.255 e. The van der Waals surface area contributed by atoms with Gasteiger partial charge in [-0.3, -0.25) is 4.79 Å². The van der Waals surface area contributed by atoms with E-state index in [1.807, 2.05) is 6.07 Å². The Balaban J connectivity index is 1.77. The second-order valence-electron chi connectivity index (χ2n) is 9.53. The average Bonchev–Trinajstić information content (AvgIpc) is 3.25. The number of phenols is 1. The van der Waals surface area contributed by atoms with Crippen molar-refractivity contribution in [3.05, 3.63) is 40.2 Å². The van der Waals surface area contributed by atoms with Gasteiger partial charge in [-0.2, -0.15) is 5.21 Å². The molecule has 8 heteroatoms. The van der Waals surface area contributed by atoms with Crippen molar-refractivity contribution in [2.45, 2.75) is 84.3 Å². The van der Waals surface area contributed by atoms with Crippen molar-refractivity contribution in [1.29, 1.82) is 0 Å². The number of nitrogens with zero attached hydrogens (tertiary/aromatic N) is 3. The van der Waals surface area contributed by atoms with Gasteiger partial charge in [0.25, 0.3) is 5.91 Å². The number of ether oxygens (including phenoxy) is 1. The molecule has 0 spiro atoms. The van der Waals surface area contributed by atoms with Crippen LogP contribution in [0.4, 0.5) is 0 Å². The molecular weight excluding hydrogens is 406 g/mol. The highest BCUT2D eigenvalue weighted by Gasteiger charge is 2.46. The third-order valence-corrected chi connectivity index (χ3v) is 6.80. The Kier molecular flexibility index (Phi) is 6.22. The number of rotatable bonds is 7. The minimum Gasteiger partial charge on any atom is -0.507 e. The van der Waals surface area contributed by atoms with Gasteiger partial charge in [-0.25, -0.2) is 0 Å². The van der Waals surface area contributed by atoms with E-state index in [0.29, 0.717) is 23.6 Å². The Labute approximate surface area is 188 Å². The van der Waals surface area contributed by atoms with E-state index in [4.69, 9.17) is 4.74 Å². The van der Waals surface area contributed by atoms with Crippen LogP contribution >= 0.6 is 0 Å². The lowest BCUT2D eigenvalue weighted by Gasteiger charge is -2.46. The number of unbranched alkanes of at least 4 members (excludes halogenated alkanes) is 2. The summed E-state index contributed by atoms with van der Waals surface area (Å²) in [5.74, 6) is 1.05. The van der Waals surface area contributed by atoms with E-state index in [-0.39, 0.29) is 35.6 Å². The largest absolute Gasteiger partial charge is 0.507 e. The summed E-state index contributed by atoms with van der Waals surface area (Å²) in [5.41, 5.74) is 2.85. The quantitative estimate of drug-likeness (QED) is 0.441. The fraction of sp³-hybridized carbons (Fsp3) is 0.583. The summed E-state index contributed by atoms with van der Waals surface area (Å²) in [6.07, 6.45) is 8.04. The Bertz CT molecular complexity index is 1010. The Morgan fingerprint density at radius 3 is 2.91 bits per heavy atom. The molecule has 0 radical (unpaired) electrons. The molecule has 0 saturated carbocycles. The monoisotopic (exact) mass is 439 g/mol. The number of allylic oxidation sites excluding steroid dienone is 2. The van der Waals surface area contributed by atoms with Gasteiger partial charge in [-0.15, -0.1) is 10.2 Å². The van der Waals surface area contributed by atoms with E-state index < -0.39 is 0 Å². The predicted octanol–water partition coefficient (Wildman–Crippen LogP) is 4.18. The van der Waals surface area contributed by atoms with Gasteiger partial charge in [0.05, 0.1) is 12.1 Å². The first kappa shape index (κ1) is 22.3. The highest BCUT2D eigenvalue weighted by Crippen LogP contribution is 2.54. The van der Waals surface area contributed by atoms with Crippen molar-refractivity contribution in [2.75, 3.05) is 0 Å². The maximum atomic E-state index is 13.2. The zero-order valence-electron chi connectivity index (χ0n) is 19.4. The number of H-pyrrole nitrogens is 1. The highest BCUT2D eigenvalue weighted by molar-refractivity contribution is 5.99. The van der Waals surface area contributed by atoms with Gasteiger partial charge in [-0.05, 0) is 58.1 Å². The Morgan fingerprint density at radius 2 is 2.19 bits per heavy atom. The number of aromatic hydroxyl groups is 1. The molecule has 2 aliphatic rings. The number of aryl methyl sites for hydroxylation is 1. The lowest BCUT2D eigenvalue weighted by Crippen LogP contribution is -2.45. The summed E-state index contributed by atoms with van der Waals surface area (Å²) in [6, 6.07) is 1.98. The highest BCUT2D eigenvalue weighted by atomic mass is 16.5. The van der Waals surface area contributed by atoms with Crippen LogP contribution in [0.25, 0.3) is 0 Å². The second-order valence-corrected chi connectivity index (χ2v) is 9.53. The van der Waals surface area contributed by atoms with Gasteiger partial charge >= 0.3 is 0 Å². The number of hydrogen-bond donors (Lipinski definition) is 3. The molecule has 1 aromatic carbocycles. The number of tetrazole rings is 1. The van der Waals surface area contributed by atoms with E-state index in [2.05, 4.69) is 59.7 Å². The molecule has 0 saturated heterocycles. The molecule has 8 nitrogen and oxygen atoms in total. The van der Waals surface area contributed by atoms with Crippen LogP contribution in [-0.4, -0.2) is 37.2 Å². The van der Waals surface area contributed by atoms with Crippen LogP contribution in [0.2, 0.25) is 0 Å². The summed E-state index contributed by atoms with van der Waals surface area (Å²) in [4.78, 5) is 13.2. The van der Waals surface area contributed by atoms with Crippen LogP contribution in [-0.2, 0) is 13.0 Å². The number of fused-ring (bicyclic) bond motifs is 3. The lowest BCUT2D eigenvalue weighted by atomic mass is 9.67. The first-order valence-corrected chi connectivity index (χ1v) is 11.6. The summed E-state index contributed by atoms with van der Waals surface area (Å²) < 4.78 is 6.45. The second kappa shape index (κ2) is 8.92. The van der Waals surface area contributed by atoms with E-state index in [1.165, 1.54) is 5.57 Å². The van der Waals surface area contributed by atoms with Gasteiger partial charge in [0.1, 0.15) is 17.1 Å². The number of hydrogen-bond acceptors (Lipinski definition) is 6. The van der Waals surface area contributed by atoms with Crippen LogP contribution in [0, 0.1) is 5.92 Å². The van der Waals surface area contributed by atoms with Gasteiger partial charge in [0.15, 0.2) is 5.82 Å². The predicted molar refractivity (Wildman–Crippen MR) is 121 cm³/mol. The van der Waals surface area contributed by atoms with Crippen molar-refractivity contribution in [1.82, 2.24) is 25.9 Å². The van der Waals surface area contributed by atoms with Crippen molar-refractivity contribution < 1.29 is 14.6 Å². The third kappa shape index (κ3) is 4.23. The number of amides is 1. The minimum atomic E-state index is -0.343. The number of carbonyl (C=O) groups excluding carboxylic acids is 1. The Morgan fingerprint density at radius 1 is 1.38 bits per heavy atom. The maximum Gasteiger partial charge on any atom is 0.255 e. The van der Waals surface area contributed by atoms with Crippen LogP contribution in [0.15, 0.2) is 17.7 Å². The van der Waals surface area contributed by atoms with E-state index in [1.54, 1.807) is 0 Å². The minimum absolute atomic E-state index is 0.0240. The van der Waals surface area contributed by atoms with Crippen LogP contribution in [0.3, 0.4) is 0 Å². The van der Waals surface area contributed by atoms with Gasteiger partial charge in [-0.1, -0.05) is 36.6 Å². The fourth-order valence-corrected chi connectivity index (χ4v) is 5.13. The molecule has 32 heavy (non-hydrogen) atoms. The molecule has 1 aromatic heterocycles. The lowest BCUT2D eigenvalue weighted by molar-refractivity contribution is 0.0107. The zero-order valence-corrected chi connectivity index (χ0v) is 19.4. The number of aromatic nitrogens is 4. The first-order valence-electron chi connectivity index (χ1n) is 11.6. The molecule has 2 heterocycles. The topological polar surface area (TPSA) is 113 Å². The molecule has 2 aromatic rings. The summed E-state index contributed by atoms with van der Waals surface area (Å²) in [7, 11) is 0. The molecule has 2 unspecified atom stereocenters. The summed E-state index contributed by atoms with van der Waals surface area (Å²) >= 11 is 0. The number of aromatic amines is 1.